The topological polar surface area (TPSA) is 65.8 Å². The number of amidine groups is 1. The van der Waals surface area contributed by atoms with Crippen LogP contribution in [0.5, 0.6) is 0 Å². The van der Waals surface area contributed by atoms with E-state index in [1.165, 1.54) is 5.56 Å². The molecule has 0 radical (unpaired) electrons. The van der Waals surface area contributed by atoms with Gasteiger partial charge in [-0.05, 0) is 29.7 Å². The van der Waals surface area contributed by atoms with Gasteiger partial charge < -0.3 is 5.32 Å². The Hall–Kier alpha value is -2.60. The lowest BCUT2D eigenvalue weighted by Gasteiger charge is -2.15. The van der Waals surface area contributed by atoms with Gasteiger partial charge in [-0.3, -0.25) is 15.2 Å². The van der Waals surface area contributed by atoms with Crippen LogP contribution in [-0.2, 0) is 11.2 Å². The van der Waals surface area contributed by atoms with Crippen molar-refractivity contribution in [2.75, 3.05) is 17.6 Å². The number of carbonyl (C=O) groups excluding carboxylic acids is 1. The summed E-state index contributed by atoms with van der Waals surface area (Å²) in [4.78, 5) is 16.0. The highest BCUT2D eigenvalue weighted by Gasteiger charge is 2.13. The first kappa shape index (κ1) is 18.2. The largest absolute Gasteiger partial charge is 0.326 e. The molecule has 0 saturated carbocycles. The van der Waals surface area contributed by atoms with Crippen LogP contribution in [-0.4, -0.2) is 29.1 Å². The average Bonchev–Trinajstić information content (AvgIpc) is 2.70. The molecule has 1 aliphatic rings. The number of carbonyl (C=O) groups is 1. The number of benzene rings is 2. The average molecular weight is 366 g/mol. The lowest BCUT2D eigenvalue weighted by molar-refractivity contribution is -0.115. The van der Waals surface area contributed by atoms with Crippen LogP contribution >= 0.6 is 11.8 Å². The van der Waals surface area contributed by atoms with E-state index in [1.807, 2.05) is 49.4 Å². The van der Waals surface area contributed by atoms with Crippen LogP contribution in [0.25, 0.3) is 0 Å². The molecule has 0 atom stereocenters. The van der Waals surface area contributed by atoms with E-state index in [1.54, 1.807) is 11.8 Å². The molecular weight excluding hydrogens is 344 g/mol. The molecule has 0 spiro atoms. The van der Waals surface area contributed by atoms with Gasteiger partial charge in [0, 0.05) is 24.4 Å². The molecule has 0 saturated heterocycles. The third kappa shape index (κ3) is 5.20. The van der Waals surface area contributed by atoms with Crippen molar-refractivity contribution in [3.05, 3.63) is 65.7 Å². The van der Waals surface area contributed by atoms with Crippen molar-refractivity contribution in [2.24, 2.45) is 10.1 Å². The Morgan fingerprint density at radius 3 is 2.62 bits per heavy atom. The highest BCUT2D eigenvalue weighted by atomic mass is 32.2. The zero-order valence-electron chi connectivity index (χ0n) is 14.7. The number of aliphatic imine (C=N–C) groups is 1. The first-order valence-electron chi connectivity index (χ1n) is 8.68. The second-order valence-electron chi connectivity index (χ2n) is 5.86. The van der Waals surface area contributed by atoms with Crippen LogP contribution in [0.2, 0.25) is 0 Å². The summed E-state index contributed by atoms with van der Waals surface area (Å²) >= 11 is 1.66. The maximum Gasteiger partial charge on any atom is 0.224 e. The van der Waals surface area contributed by atoms with Gasteiger partial charge in [-0.1, -0.05) is 61.2 Å². The van der Waals surface area contributed by atoms with Crippen LogP contribution in [0, 0.1) is 0 Å². The normalized spacial score (nSPS) is 15.3. The SMILES string of the molecule is CCC(=O)Nc1ccc(C2=NNC(=NCCc3ccccc3)SC2)cc1. The molecule has 0 aliphatic carbocycles. The van der Waals surface area contributed by atoms with Gasteiger partial charge in [0.15, 0.2) is 5.17 Å². The summed E-state index contributed by atoms with van der Waals surface area (Å²) in [6.45, 7) is 2.58. The Bertz CT molecular complexity index is 800. The van der Waals surface area contributed by atoms with Gasteiger partial charge in [0.1, 0.15) is 0 Å². The molecule has 6 heteroatoms. The molecule has 2 N–H and O–H groups in total. The van der Waals surface area contributed by atoms with Gasteiger partial charge in [0.05, 0.1) is 5.71 Å². The minimum Gasteiger partial charge on any atom is -0.326 e. The van der Waals surface area contributed by atoms with Gasteiger partial charge in [0.25, 0.3) is 0 Å². The second kappa shape index (κ2) is 9.20. The molecule has 134 valence electrons. The number of hydrogen-bond donors (Lipinski definition) is 2. The van der Waals surface area contributed by atoms with Gasteiger partial charge in [-0.25, -0.2) is 0 Å². The number of nitrogens with zero attached hydrogens (tertiary/aromatic N) is 2. The Balaban J connectivity index is 1.53. The van der Waals surface area contributed by atoms with Crippen molar-refractivity contribution in [3.63, 3.8) is 0 Å². The van der Waals surface area contributed by atoms with Gasteiger partial charge >= 0.3 is 0 Å². The van der Waals surface area contributed by atoms with Crippen molar-refractivity contribution in [1.29, 1.82) is 0 Å². The molecule has 3 rings (SSSR count). The van der Waals surface area contributed by atoms with E-state index in [0.29, 0.717) is 6.42 Å². The number of nitrogens with one attached hydrogen (secondary N) is 2. The highest BCUT2D eigenvalue weighted by molar-refractivity contribution is 8.14. The summed E-state index contributed by atoms with van der Waals surface area (Å²) in [6.07, 6.45) is 1.40. The number of anilines is 1. The molecule has 1 amide bonds. The number of amides is 1. The van der Waals surface area contributed by atoms with E-state index in [-0.39, 0.29) is 5.91 Å². The predicted molar refractivity (Wildman–Crippen MR) is 110 cm³/mol. The molecule has 26 heavy (non-hydrogen) atoms. The molecular formula is C20H22N4OS. The maximum absolute atomic E-state index is 11.4. The Kier molecular flexibility index (Phi) is 6.44. The number of hydrazone groups is 1. The van der Waals surface area contributed by atoms with Crippen LogP contribution in [0.15, 0.2) is 64.7 Å². The van der Waals surface area contributed by atoms with Gasteiger partial charge in [-0.2, -0.15) is 5.10 Å². The molecule has 1 aliphatic heterocycles. The number of rotatable bonds is 6. The van der Waals surface area contributed by atoms with Crippen LogP contribution in [0.1, 0.15) is 24.5 Å². The first-order valence-corrected chi connectivity index (χ1v) is 9.67. The lowest BCUT2D eigenvalue weighted by Crippen LogP contribution is -2.25. The zero-order chi connectivity index (χ0) is 18.2. The molecule has 0 aromatic heterocycles. The third-order valence-corrected chi connectivity index (χ3v) is 4.87. The summed E-state index contributed by atoms with van der Waals surface area (Å²) in [6, 6.07) is 18.1. The molecule has 1 heterocycles. The number of hydrogen-bond acceptors (Lipinski definition) is 4. The Morgan fingerprint density at radius 2 is 1.96 bits per heavy atom. The fourth-order valence-electron chi connectivity index (χ4n) is 2.47. The number of thioether (sulfide) groups is 1. The van der Waals surface area contributed by atoms with Crippen LogP contribution in [0.4, 0.5) is 5.69 Å². The van der Waals surface area contributed by atoms with Crippen molar-refractivity contribution in [2.45, 2.75) is 19.8 Å². The molecule has 2 aromatic rings. The minimum atomic E-state index is 0.0151. The molecule has 0 bridgehead atoms. The molecule has 0 unspecified atom stereocenters. The maximum atomic E-state index is 11.4. The summed E-state index contributed by atoms with van der Waals surface area (Å²) in [5.41, 5.74) is 7.16. The predicted octanol–water partition coefficient (Wildman–Crippen LogP) is 3.67. The lowest BCUT2D eigenvalue weighted by atomic mass is 10.1. The van der Waals surface area contributed by atoms with Crippen molar-refractivity contribution >= 4 is 34.2 Å². The fourth-order valence-corrected chi connectivity index (χ4v) is 3.27. The highest BCUT2D eigenvalue weighted by Crippen LogP contribution is 2.16. The minimum absolute atomic E-state index is 0.0151. The van der Waals surface area contributed by atoms with E-state index in [0.717, 1.165) is 40.8 Å². The molecule has 0 fully saturated rings. The van der Waals surface area contributed by atoms with Crippen LogP contribution in [0.3, 0.4) is 0 Å². The van der Waals surface area contributed by atoms with E-state index in [4.69, 9.17) is 0 Å². The third-order valence-electron chi connectivity index (χ3n) is 3.95. The summed E-state index contributed by atoms with van der Waals surface area (Å²) in [5.74, 6) is 0.791. The van der Waals surface area contributed by atoms with Crippen molar-refractivity contribution in [1.82, 2.24) is 5.43 Å². The van der Waals surface area contributed by atoms with E-state index in [2.05, 4.69) is 33.0 Å². The van der Waals surface area contributed by atoms with Gasteiger partial charge in [0.2, 0.25) is 5.91 Å². The summed E-state index contributed by atoms with van der Waals surface area (Å²) in [5, 5.41) is 8.15. The monoisotopic (exact) mass is 366 g/mol. The first-order chi connectivity index (χ1) is 12.7. The van der Waals surface area contributed by atoms with E-state index in [9.17, 15) is 4.79 Å². The molecule has 2 aromatic carbocycles. The Labute approximate surface area is 158 Å². The van der Waals surface area contributed by atoms with Crippen LogP contribution < -0.4 is 10.7 Å². The van der Waals surface area contributed by atoms with Crippen molar-refractivity contribution < 1.29 is 4.79 Å². The smallest absolute Gasteiger partial charge is 0.224 e. The molecule has 5 nitrogen and oxygen atoms in total. The Morgan fingerprint density at radius 1 is 1.19 bits per heavy atom. The van der Waals surface area contributed by atoms with E-state index >= 15 is 0 Å². The quantitative estimate of drug-likeness (QED) is 0.820. The zero-order valence-corrected chi connectivity index (χ0v) is 15.6. The fraction of sp³-hybridized carbons (Fsp3) is 0.250. The van der Waals surface area contributed by atoms with Gasteiger partial charge in [-0.15, -0.1) is 0 Å². The summed E-state index contributed by atoms with van der Waals surface area (Å²) < 4.78 is 0. The van der Waals surface area contributed by atoms with Crippen molar-refractivity contribution in [3.8, 4) is 0 Å². The summed E-state index contributed by atoms with van der Waals surface area (Å²) in [7, 11) is 0. The second-order valence-corrected chi connectivity index (χ2v) is 6.82. The van der Waals surface area contributed by atoms with E-state index < -0.39 is 0 Å². The standard InChI is InChI=1S/C20H22N4OS/c1-2-19(25)22-17-10-8-16(9-11-17)18-14-26-20(24-23-18)21-13-12-15-6-4-3-5-7-15/h3-11H,2,12-14H2,1H3,(H,21,24)(H,22,25).